The Balaban J connectivity index is 0. The van der Waals surface area contributed by atoms with E-state index in [1.54, 1.807) is 0 Å². The molecule has 20 heavy (non-hydrogen) atoms. The van der Waals surface area contributed by atoms with Gasteiger partial charge in [-0.1, -0.05) is 0 Å². The first-order valence-electron chi connectivity index (χ1n) is 6.07. The topological polar surface area (TPSA) is 0 Å². The number of hydrogen-bond acceptors (Lipinski definition) is 0. The van der Waals surface area contributed by atoms with E-state index in [-0.39, 0.29) is 46.4 Å². The molecule has 0 amide bonds. The zero-order valence-electron chi connectivity index (χ0n) is 12.2. The van der Waals surface area contributed by atoms with Gasteiger partial charge in [-0.25, -0.2) is 0 Å². The molecule has 0 saturated heterocycles. The Morgan fingerprint density at radius 3 is 1.85 bits per heavy atom. The third kappa shape index (κ3) is 3.93. The minimum absolute atomic E-state index is 0. The van der Waals surface area contributed by atoms with E-state index in [4.69, 9.17) is 0 Å². The summed E-state index contributed by atoms with van der Waals surface area (Å²) in [6.07, 6.45) is 8.93. The molecule has 4 heteroatoms. The van der Waals surface area contributed by atoms with Gasteiger partial charge in [0.05, 0.1) is 0 Å². The maximum atomic E-state index is 2.33. The van der Waals surface area contributed by atoms with Crippen molar-refractivity contribution in [2.24, 2.45) is 0 Å². The summed E-state index contributed by atoms with van der Waals surface area (Å²) in [5.74, 6) is 0. The van der Waals surface area contributed by atoms with Gasteiger partial charge in [0.15, 0.2) is 0 Å². The minimum atomic E-state index is 0. The third-order valence-corrected chi connectivity index (χ3v) is 5.59. The van der Waals surface area contributed by atoms with Crippen molar-refractivity contribution in [3.05, 3.63) is 59.2 Å². The molecule has 0 fully saturated rings. The zero-order valence-corrected chi connectivity index (χ0v) is 16.0. The molecule has 1 aromatic rings. The van der Waals surface area contributed by atoms with E-state index in [0.29, 0.717) is 0 Å². The van der Waals surface area contributed by atoms with Crippen molar-refractivity contribution in [1.29, 1.82) is 0 Å². The molecule has 0 heterocycles. The maximum absolute atomic E-state index is 2.33. The minimum Gasteiger partial charge on any atom is -1.00 e. The predicted molar refractivity (Wildman–Crippen MR) is 69.9 cm³/mol. The average Bonchev–Trinajstić information content (AvgIpc) is 2.71. The molecule has 1 aromatic carbocycles. The van der Waals surface area contributed by atoms with Crippen LogP contribution in [0.4, 0.5) is 0 Å². The van der Waals surface area contributed by atoms with Crippen molar-refractivity contribution in [3.63, 3.8) is 0 Å². The third-order valence-electron chi connectivity index (χ3n) is 4.09. The van der Waals surface area contributed by atoms with Crippen LogP contribution in [0.15, 0.2) is 42.5 Å². The molecule has 0 aromatic heterocycles. The molecular formula is C16H19Cl3Ti. The second kappa shape index (κ2) is 8.06. The quantitative estimate of drug-likeness (QED) is 0.463. The fraction of sp³-hybridized carbons (Fsp3) is 0.375. The van der Waals surface area contributed by atoms with Gasteiger partial charge in [-0.3, -0.25) is 0 Å². The van der Waals surface area contributed by atoms with E-state index in [1.807, 2.05) is 0 Å². The zero-order chi connectivity index (χ0) is 12.7. The molecule has 1 aliphatic rings. The van der Waals surface area contributed by atoms with Crippen molar-refractivity contribution >= 4 is 0 Å². The molecule has 2 rings (SSSR count). The van der Waals surface area contributed by atoms with Gasteiger partial charge in [0.2, 0.25) is 0 Å². The summed E-state index contributed by atoms with van der Waals surface area (Å²) < 4.78 is 0.120. The first kappa shape index (κ1) is 22.6. The van der Waals surface area contributed by atoms with Crippen LogP contribution in [-0.4, -0.2) is 0 Å². The average molecular weight is 366 g/mol. The second-order valence-electron chi connectivity index (χ2n) is 5.51. The molecule has 0 radical (unpaired) electrons. The molecule has 0 unspecified atom stereocenters. The van der Waals surface area contributed by atoms with Crippen LogP contribution in [0.3, 0.4) is 0 Å². The Morgan fingerprint density at radius 2 is 1.40 bits per heavy atom. The predicted octanol–water partition coefficient (Wildman–Crippen LogP) is -4.58. The monoisotopic (exact) mass is 364 g/mol. The van der Waals surface area contributed by atoms with Crippen LogP contribution in [0.5, 0.6) is 0 Å². The summed E-state index contributed by atoms with van der Waals surface area (Å²) in [4.78, 5) is 0. The summed E-state index contributed by atoms with van der Waals surface area (Å²) in [6.45, 7) is 9.02. The van der Waals surface area contributed by atoms with Gasteiger partial charge in [-0.05, 0) is 0 Å². The van der Waals surface area contributed by atoms with E-state index >= 15 is 0 Å². The van der Waals surface area contributed by atoms with E-state index in [9.17, 15) is 0 Å². The van der Waals surface area contributed by atoms with Crippen molar-refractivity contribution in [2.45, 2.75) is 36.8 Å². The first-order chi connectivity index (χ1) is 7.87. The maximum Gasteiger partial charge on any atom is -1.00 e. The molecule has 0 atom stereocenters. The van der Waals surface area contributed by atoms with Crippen molar-refractivity contribution in [3.8, 4) is 0 Å². The smallest absolute Gasteiger partial charge is 1.00 e. The van der Waals surface area contributed by atoms with Crippen molar-refractivity contribution in [1.82, 2.24) is 0 Å². The number of hydrogen-bond donors (Lipinski definition) is 0. The molecule has 108 valence electrons. The van der Waals surface area contributed by atoms with Gasteiger partial charge in [0, 0.05) is 0 Å². The van der Waals surface area contributed by atoms with Crippen molar-refractivity contribution < 1.29 is 57.7 Å². The summed E-state index contributed by atoms with van der Waals surface area (Å²) in [6, 6.07) is 6.84. The first-order valence-corrected chi connectivity index (χ1v) is 6.85. The Hall–Kier alpha value is 0.284. The van der Waals surface area contributed by atoms with Crippen LogP contribution in [0.2, 0.25) is 3.72 Å². The number of halogens is 3. The molecule has 0 nitrogen and oxygen atoms in total. The van der Waals surface area contributed by atoms with Crippen LogP contribution in [-0.2, 0) is 25.9 Å². The number of allylic oxidation sites excluding steroid dienone is 4. The molecule has 0 aliphatic heterocycles. The van der Waals surface area contributed by atoms with E-state index in [2.05, 4.69) is 90.6 Å². The SMILES string of the molecule is Cc1ccc(C(C)(C)[C]2([Ti+3])C=CC=C2)cc1C.[Cl-].[Cl-].[Cl-]. The molecular weight excluding hydrogens is 346 g/mol. The summed E-state index contributed by atoms with van der Waals surface area (Å²) in [7, 11) is 0. The van der Waals surface area contributed by atoms with Gasteiger partial charge in [-0.2, -0.15) is 0 Å². The van der Waals surface area contributed by atoms with Crippen LogP contribution < -0.4 is 37.2 Å². The molecule has 0 spiro atoms. The molecule has 0 bridgehead atoms. The Labute approximate surface area is 153 Å². The Morgan fingerprint density at radius 1 is 0.900 bits per heavy atom. The normalized spacial score (nSPS) is 15.1. The van der Waals surface area contributed by atoms with Gasteiger partial charge < -0.3 is 37.2 Å². The van der Waals surface area contributed by atoms with Crippen LogP contribution in [0, 0.1) is 13.8 Å². The summed E-state index contributed by atoms with van der Waals surface area (Å²) in [5.41, 5.74) is 4.28. The second-order valence-corrected chi connectivity index (χ2v) is 6.80. The van der Waals surface area contributed by atoms with Crippen LogP contribution in [0.25, 0.3) is 0 Å². The van der Waals surface area contributed by atoms with Gasteiger partial charge in [-0.15, -0.1) is 0 Å². The molecule has 1 aliphatic carbocycles. The van der Waals surface area contributed by atoms with Crippen LogP contribution in [0.1, 0.15) is 30.5 Å². The number of rotatable bonds is 2. The van der Waals surface area contributed by atoms with E-state index in [1.165, 1.54) is 16.7 Å². The molecule has 0 saturated carbocycles. The van der Waals surface area contributed by atoms with E-state index in [0.717, 1.165) is 0 Å². The Bertz CT molecular complexity index is 492. The Kier molecular flexibility index (Phi) is 9.09. The standard InChI is InChI=1S/C16H19.3ClH.Ti/c1-12-9-10-15(11-13(12)2)16(3,4)14-7-5-6-8-14;;;;/h5-11H,1-4H3;3*1H;/q;;;;+3/p-3. The fourth-order valence-electron chi connectivity index (χ4n) is 2.26. The van der Waals surface area contributed by atoms with E-state index < -0.39 is 0 Å². The van der Waals surface area contributed by atoms with Gasteiger partial charge in [0.25, 0.3) is 0 Å². The summed E-state index contributed by atoms with van der Waals surface area (Å²) >= 11 is 2.31. The summed E-state index contributed by atoms with van der Waals surface area (Å²) in [5, 5.41) is 0. The molecule has 0 N–H and O–H groups in total. The van der Waals surface area contributed by atoms with Crippen molar-refractivity contribution in [2.75, 3.05) is 0 Å². The fourth-order valence-corrected chi connectivity index (χ4v) is 2.78. The number of benzene rings is 1. The van der Waals surface area contributed by atoms with Crippen LogP contribution >= 0.6 is 0 Å². The van der Waals surface area contributed by atoms with Gasteiger partial charge >= 0.3 is 116 Å². The van der Waals surface area contributed by atoms with Gasteiger partial charge in [0.1, 0.15) is 0 Å². The largest absolute Gasteiger partial charge is 1.00 e. The number of aryl methyl sites for hydroxylation is 2.